The Labute approximate surface area is 120 Å². The quantitative estimate of drug-likeness (QED) is 0.639. The van der Waals surface area contributed by atoms with Crippen molar-refractivity contribution in [2.75, 3.05) is 18.4 Å². The molecule has 1 aromatic carbocycles. The third-order valence-electron chi connectivity index (χ3n) is 4.01. The molecule has 1 aliphatic heterocycles. The van der Waals surface area contributed by atoms with Crippen molar-refractivity contribution in [3.05, 3.63) is 33.9 Å². The number of hydrogen-bond donors (Lipinski definition) is 1. The fourth-order valence-corrected chi connectivity index (χ4v) is 2.97. The van der Waals surface area contributed by atoms with Crippen LogP contribution in [0.15, 0.2) is 18.2 Å². The van der Waals surface area contributed by atoms with E-state index in [4.69, 9.17) is 0 Å². The average molecular weight is 277 g/mol. The number of likely N-dealkylation sites (tertiary alicyclic amines) is 1. The number of non-ortho nitro benzene ring substituents is 1. The summed E-state index contributed by atoms with van der Waals surface area (Å²) >= 11 is 0. The van der Waals surface area contributed by atoms with Crippen molar-refractivity contribution >= 4 is 11.4 Å². The van der Waals surface area contributed by atoms with E-state index in [0.29, 0.717) is 6.04 Å². The molecule has 1 aliphatic rings. The monoisotopic (exact) mass is 277 g/mol. The molecule has 0 aromatic heterocycles. The second-order valence-electron chi connectivity index (χ2n) is 5.30. The van der Waals surface area contributed by atoms with Crippen molar-refractivity contribution in [1.29, 1.82) is 0 Å². The zero-order valence-electron chi connectivity index (χ0n) is 12.3. The first-order valence-electron chi connectivity index (χ1n) is 7.41. The minimum Gasteiger partial charge on any atom is -0.385 e. The van der Waals surface area contributed by atoms with E-state index in [1.54, 1.807) is 12.1 Å². The second-order valence-corrected chi connectivity index (χ2v) is 5.30. The first kappa shape index (κ1) is 14.8. The summed E-state index contributed by atoms with van der Waals surface area (Å²) in [6.45, 7) is 6.95. The van der Waals surface area contributed by atoms with E-state index in [9.17, 15) is 10.1 Å². The Morgan fingerprint density at radius 1 is 1.45 bits per heavy atom. The molecule has 1 saturated heterocycles. The van der Waals surface area contributed by atoms with Crippen LogP contribution >= 0.6 is 0 Å². The predicted octanol–water partition coefficient (Wildman–Crippen LogP) is 3.40. The number of nitro benzene ring substituents is 1. The van der Waals surface area contributed by atoms with Gasteiger partial charge in [-0.2, -0.15) is 0 Å². The summed E-state index contributed by atoms with van der Waals surface area (Å²) in [6, 6.07) is 5.73. The van der Waals surface area contributed by atoms with Gasteiger partial charge in [0.15, 0.2) is 0 Å². The van der Waals surface area contributed by atoms with Crippen LogP contribution in [0.2, 0.25) is 0 Å². The number of hydrogen-bond acceptors (Lipinski definition) is 4. The Balaban J connectivity index is 2.22. The highest BCUT2D eigenvalue weighted by Gasteiger charge is 2.24. The van der Waals surface area contributed by atoms with Crippen molar-refractivity contribution < 1.29 is 4.92 Å². The largest absolute Gasteiger partial charge is 0.385 e. The minimum absolute atomic E-state index is 0.175. The first-order valence-corrected chi connectivity index (χ1v) is 7.41. The van der Waals surface area contributed by atoms with Crippen LogP contribution < -0.4 is 5.32 Å². The van der Waals surface area contributed by atoms with Crippen molar-refractivity contribution in [2.24, 2.45) is 0 Å². The van der Waals surface area contributed by atoms with Crippen LogP contribution in [0.5, 0.6) is 0 Å². The van der Waals surface area contributed by atoms with E-state index < -0.39 is 0 Å². The van der Waals surface area contributed by atoms with Gasteiger partial charge in [0, 0.05) is 37.0 Å². The van der Waals surface area contributed by atoms with Crippen molar-refractivity contribution in [3.8, 4) is 0 Å². The van der Waals surface area contributed by atoms with Crippen LogP contribution in [-0.2, 0) is 6.54 Å². The normalized spacial score (nSPS) is 19.2. The molecule has 0 radical (unpaired) electrons. The molecule has 5 nitrogen and oxygen atoms in total. The zero-order chi connectivity index (χ0) is 14.5. The van der Waals surface area contributed by atoms with E-state index in [1.807, 2.05) is 13.0 Å². The molecular formula is C15H23N3O2. The molecule has 5 heteroatoms. The topological polar surface area (TPSA) is 58.4 Å². The molecule has 110 valence electrons. The molecule has 1 unspecified atom stereocenters. The lowest BCUT2D eigenvalue weighted by Crippen LogP contribution is -2.28. The van der Waals surface area contributed by atoms with Crippen LogP contribution in [-0.4, -0.2) is 29.0 Å². The molecule has 1 atom stereocenters. The van der Waals surface area contributed by atoms with E-state index in [1.165, 1.54) is 12.8 Å². The molecule has 0 saturated carbocycles. The third-order valence-corrected chi connectivity index (χ3v) is 4.01. The lowest BCUT2D eigenvalue weighted by atomic mass is 10.1. The number of nitro groups is 1. The Kier molecular flexibility index (Phi) is 4.95. The molecule has 1 aromatic rings. The highest BCUT2D eigenvalue weighted by Crippen LogP contribution is 2.27. The lowest BCUT2D eigenvalue weighted by molar-refractivity contribution is -0.384. The highest BCUT2D eigenvalue weighted by molar-refractivity contribution is 5.56. The van der Waals surface area contributed by atoms with Crippen molar-refractivity contribution in [2.45, 2.75) is 45.7 Å². The van der Waals surface area contributed by atoms with Crippen molar-refractivity contribution in [1.82, 2.24) is 4.90 Å². The Morgan fingerprint density at radius 3 is 2.90 bits per heavy atom. The van der Waals surface area contributed by atoms with E-state index in [-0.39, 0.29) is 10.6 Å². The first-order chi connectivity index (χ1) is 9.65. The minimum atomic E-state index is -0.319. The molecule has 20 heavy (non-hydrogen) atoms. The van der Waals surface area contributed by atoms with E-state index in [2.05, 4.69) is 17.1 Å². The molecule has 0 aliphatic carbocycles. The SMILES string of the molecule is CCNc1ccc([N+](=O)[O-])cc1CN1CCCC1CC. The van der Waals surface area contributed by atoms with Gasteiger partial charge in [-0.05, 0) is 44.4 Å². The molecule has 1 heterocycles. The molecule has 1 N–H and O–H groups in total. The van der Waals surface area contributed by atoms with E-state index in [0.717, 1.165) is 37.3 Å². The number of nitrogens with zero attached hydrogens (tertiary/aromatic N) is 2. The van der Waals surface area contributed by atoms with Crippen LogP contribution in [0.4, 0.5) is 11.4 Å². The van der Waals surface area contributed by atoms with Gasteiger partial charge in [0.2, 0.25) is 0 Å². The van der Waals surface area contributed by atoms with Gasteiger partial charge in [-0.25, -0.2) is 0 Å². The van der Waals surface area contributed by atoms with Gasteiger partial charge in [-0.1, -0.05) is 6.92 Å². The van der Waals surface area contributed by atoms with E-state index >= 15 is 0 Å². The van der Waals surface area contributed by atoms with Gasteiger partial charge in [0.25, 0.3) is 5.69 Å². The summed E-state index contributed by atoms with van der Waals surface area (Å²) in [5, 5.41) is 14.3. The average Bonchev–Trinajstić information content (AvgIpc) is 2.88. The Morgan fingerprint density at radius 2 is 2.25 bits per heavy atom. The molecule has 1 fully saturated rings. The predicted molar refractivity (Wildman–Crippen MR) is 81.0 cm³/mol. The Hall–Kier alpha value is -1.62. The molecule has 0 amide bonds. The smallest absolute Gasteiger partial charge is 0.269 e. The molecular weight excluding hydrogens is 254 g/mol. The summed E-state index contributed by atoms with van der Waals surface area (Å²) in [5.74, 6) is 0. The Bertz CT molecular complexity index is 476. The van der Waals surface area contributed by atoms with Crippen LogP contribution in [0.25, 0.3) is 0 Å². The van der Waals surface area contributed by atoms with Gasteiger partial charge < -0.3 is 5.32 Å². The summed E-state index contributed by atoms with van der Waals surface area (Å²) < 4.78 is 0. The molecule has 2 rings (SSSR count). The third kappa shape index (κ3) is 3.28. The fourth-order valence-electron chi connectivity index (χ4n) is 2.97. The summed E-state index contributed by atoms with van der Waals surface area (Å²) in [4.78, 5) is 13.1. The van der Waals surface area contributed by atoms with Gasteiger partial charge in [-0.3, -0.25) is 15.0 Å². The maximum absolute atomic E-state index is 11.0. The molecule has 0 bridgehead atoms. The maximum Gasteiger partial charge on any atom is 0.269 e. The number of benzene rings is 1. The fraction of sp³-hybridized carbons (Fsp3) is 0.600. The number of nitrogens with one attached hydrogen (secondary N) is 1. The van der Waals surface area contributed by atoms with Crippen LogP contribution in [0.1, 0.15) is 38.7 Å². The standard InChI is InChI=1S/C15H23N3O2/c1-3-13-6-5-9-17(13)11-12-10-14(18(19)20)7-8-15(12)16-4-2/h7-8,10,13,16H,3-6,9,11H2,1-2H3. The van der Waals surface area contributed by atoms with Crippen LogP contribution in [0.3, 0.4) is 0 Å². The zero-order valence-corrected chi connectivity index (χ0v) is 12.3. The number of rotatable bonds is 6. The summed E-state index contributed by atoms with van der Waals surface area (Å²) in [6.07, 6.45) is 3.61. The van der Waals surface area contributed by atoms with Crippen molar-refractivity contribution in [3.63, 3.8) is 0 Å². The highest BCUT2D eigenvalue weighted by atomic mass is 16.6. The maximum atomic E-state index is 11.0. The number of anilines is 1. The van der Waals surface area contributed by atoms with Gasteiger partial charge in [0.05, 0.1) is 4.92 Å². The van der Waals surface area contributed by atoms with Gasteiger partial charge in [0.1, 0.15) is 0 Å². The van der Waals surface area contributed by atoms with Gasteiger partial charge in [-0.15, -0.1) is 0 Å². The second kappa shape index (κ2) is 6.70. The van der Waals surface area contributed by atoms with Gasteiger partial charge >= 0.3 is 0 Å². The summed E-state index contributed by atoms with van der Waals surface area (Å²) in [7, 11) is 0. The lowest BCUT2D eigenvalue weighted by Gasteiger charge is -2.24. The van der Waals surface area contributed by atoms with Crippen LogP contribution in [0, 0.1) is 10.1 Å². The molecule has 0 spiro atoms. The summed E-state index contributed by atoms with van der Waals surface area (Å²) in [5.41, 5.74) is 2.22.